The SMILES string of the molecule is COC(=O)c1nc(C#N)ccc1S(C)(=O)=O. The van der Waals surface area contributed by atoms with Crippen LogP contribution in [-0.2, 0) is 14.6 Å². The third-order valence-corrected chi connectivity index (χ3v) is 2.88. The summed E-state index contributed by atoms with van der Waals surface area (Å²) in [6.45, 7) is 0. The highest BCUT2D eigenvalue weighted by Gasteiger charge is 2.21. The lowest BCUT2D eigenvalue weighted by molar-refractivity contribution is 0.0589. The number of nitrogens with zero attached hydrogens (tertiary/aromatic N) is 2. The van der Waals surface area contributed by atoms with Crippen molar-refractivity contribution in [2.24, 2.45) is 0 Å². The van der Waals surface area contributed by atoms with Crippen molar-refractivity contribution in [2.45, 2.75) is 4.90 Å². The molecule has 0 radical (unpaired) electrons. The highest BCUT2D eigenvalue weighted by molar-refractivity contribution is 7.90. The normalized spacial score (nSPS) is 10.6. The molecule has 1 aromatic heterocycles. The van der Waals surface area contributed by atoms with Gasteiger partial charge in [0.1, 0.15) is 11.8 Å². The number of rotatable bonds is 2. The molecular weight excluding hydrogens is 232 g/mol. The third-order valence-electron chi connectivity index (χ3n) is 1.75. The molecule has 6 nitrogen and oxygen atoms in total. The maximum Gasteiger partial charge on any atom is 0.358 e. The molecule has 16 heavy (non-hydrogen) atoms. The summed E-state index contributed by atoms with van der Waals surface area (Å²) in [5.41, 5.74) is -0.420. The van der Waals surface area contributed by atoms with E-state index in [0.717, 1.165) is 19.4 Å². The molecule has 0 atom stereocenters. The number of carbonyl (C=O) groups excluding carboxylic acids is 1. The average Bonchev–Trinajstić information content (AvgIpc) is 2.25. The van der Waals surface area contributed by atoms with Gasteiger partial charge in [-0.3, -0.25) is 0 Å². The van der Waals surface area contributed by atoms with Gasteiger partial charge in [-0.1, -0.05) is 0 Å². The molecule has 0 saturated carbocycles. The zero-order chi connectivity index (χ0) is 12.3. The second-order valence-electron chi connectivity index (χ2n) is 2.92. The van der Waals surface area contributed by atoms with E-state index in [9.17, 15) is 13.2 Å². The monoisotopic (exact) mass is 240 g/mol. The van der Waals surface area contributed by atoms with E-state index in [4.69, 9.17) is 5.26 Å². The van der Waals surface area contributed by atoms with E-state index in [-0.39, 0.29) is 16.3 Å². The number of nitriles is 1. The summed E-state index contributed by atoms with van der Waals surface area (Å²) in [5, 5.41) is 8.60. The Morgan fingerprint density at radius 3 is 2.56 bits per heavy atom. The molecule has 0 N–H and O–H groups in total. The number of pyridine rings is 1. The predicted molar refractivity (Wildman–Crippen MR) is 53.4 cm³/mol. The number of methoxy groups -OCH3 is 1. The summed E-state index contributed by atoms with van der Waals surface area (Å²) >= 11 is 0. The molecule has 0 aromatic carbocycles. The minimum atomic E-state index is -3.59. The van der Waals surface area contributed by atoms with Gasteiger partial charge in [0.15, 0.2) is 15.5 Å². The lowest BCUT2D eigenvalue weighted by Crippen LogP contribution is -2.12. The number of hydrogen-bond donors (Lipinski definition) is 0. The molecule has 0 spiro atoms. The fourth-order valence-corrected chi connectivity index (χ4v) is 1.85. The number of ether oxygens (including phenoxy) is 1. The number of sulfone groups is 1. The van der Waals surface area contributed by atoms with Gasteiger partial charge in [0, 0.05) is 6.26 Å². The van der Waals surface area contributed by atoms with Gasteiger partial charge in [0.2, 0.25) is 0 Å². The van der Waals surface area contributed by atoms with Crippen LogP contribution in [0.15, 0.2) is 17.0 Å². The van der Waals surface area contributed by atoms with E-state index in [2.05, 4.69) is 9.72 Å². The highest BCUT2D eigenvalue weighted by atomic mass is 32.2. The molecule has 1 heterocycles. The molecule has 0 saturated heterocycles. The first-order valence-electron chi connectivity index (χ1n) is 4.09. The van der Waals surface area contributed by atoms with E-state index in [1.165, 1.54) is 6.07 Å². The van der Waals surface area contributed by atoms with E-state index in [1.807, 2.05) is 0 Å². The van der Waals surface area contributed by atoms with Crippen molar-refractivity contribution >= 4 is 15.8 Å². The van der Waals surface area contributed by atoms with Crippen LogP contribution in [0.25, 0.3) is 0 Å². The Bertz CT molecular complexity index is 572. The standard InChI is InChI=1S/C9H8N2O4S/c1-15-9(12)8-7(16(2,13)14)4-3-6(5-10)11-8/h3-4H,1-2H3. The molecule has 0 fully saturated rings. The maximum absolute atomic E-state index is 11.3. The van der Waals surface area contributed by atoms with Crippen LogP contribution in [0.1, 0.15) is 16.2 Å². The lowest BCUT2D eigenvalue weighted by Gasteiger charge is -2.04. The predicted octanol–water partition coefficient (Wildman–Crippen LogP) is 0.143. The van der Waals surface area contributed by atoms with Crippen LogP contribution in [0.5, 0.6) is 0 Å². The van der Waals surface area contributed by atoms with Crippen molar-refractivity contribution in [3.8, 4) is 6.07 Å². The first-order chi connectivity index (χ1) is 7.40. The number of aromatic nitrogens is 1. The third kappa shape index (κ3) is 2.35. The molecule has 0 unspecified atom stereocenters. The van der Waals surface area contributed by atoms with Gasteiger partial charge in [0.25, 0.3) is 0 Å². The molecule has 1 aromatic rings. The van der Waals surface area contributed by atoms with E-state index < -0.39 is 15.8 Å². The van der Waals surface area contributed by atoms with Gasteiger partial charge in [-0.05, 0) is 12.1 Å². The van der Waals surface area contributed by atoms with Gasteiger partial charge < -0.3 is 4.74 Å². The van der Waals surface area contributed by atoms with Crippen LogP contribution in [0.2, 0.25) is 0 Å². The summed E-state index contributed by atoms with van der Waals surface area (Å²) in [5.74, 6) is -0.891. The van der Waals surface area contributed by atoms with E-state index >= 15 is 0 Å². The van der Waals surface area contributed by atoms with Crippen LogP contribution in [0.3, 0.4) is 0 Å². The number of hydrogen-bond acceptors (Lipinski definition) is 6. The molecule has 1 rings (SSSR count). The largest absolute Gasteiger partial charge is 0.464 e. The summed E-state index contributed by atoms with van der Waals surface area (Å²) < 4.78 is 27.1. The van der Waals surface area contributed by atoms with Gasteiger partial charge in [-0.25, -0.2) is 18.2 Å². The Hall–Kier alpha value is -1.94. The summed E-state index contributed by atoms with van der Waals surface area (Å²) in [7, 11) is -2.48. The van der Waals surface area contributed by atoms with Gasteiger partial charge in [-0.15, -0.1) is 0 Å². The van der Waals surface area contributed by atoms with Crippen molar-refractivity contribution in [3.63, 3.8) is 0 Å². The molecule has 0 amide bonds. The van der Waals surface area contributed by atoms with Gasteiger partial charge in [0.05, 0.1) is 12.0 Å². The Morgan fingerprint density at radius 1 is 1.50 bits per heavy atom. The quantitative estimate of drug-likeness (QED) is 0.682. The molecule has 0 aliphatic heterocycles. The fraction of sp³-hybridized carbons (Fsp3) is 0.222. The van der Waals surface area contributed by atoms with Crippen LogP contribution in [0.4, 0.5) is 0 Å². The Labute approximate surface area is 92.4 Å². The maximum atomic E-state index is 11.3. The average molecular weight is 240 g/mol. The molecular formula is C9H8N2O4S. The lowest BCUT2D eigenvalue weighted by atomic mass is 10.3. The second kappa shape index (κ2) is 4.28. The molecule has 0 aliphatic rings. The van der Waals surface area contributed by atoms with Crippen molar-refractivity contribution in [3.05, 3.63) is 23.5 Å². The van der Waals surface area contributed by atoms with Crippen molar-refractivity contribution < 1.29 is 17.9 Å². The van der Waals surface area contributed by atoms with Crippen molar-refractivity contribution in [1.29, 1.82) is 5.26 Å². The van der Waals surface area contributed by atoms with Crippen LogP contribution in [0, 0.1) is 11.3 Å². The Morgan fingerprint density at radius 2 is 2.12 bits per heavy atom. The first kappa shape index (κ1) is 12.1. The smallest absolute Gasteiger partial charge is 0.358 e. The van der Waals surface area contributed by atoms with Crippen molar-refractivity contribution in [1.82, 2.24) is 4.98 Å². The second-order valence-corrected chi connectivity index (χ2v) is 4.90. The zero-order valence-corrected chi connectivity index (χ0v) is 9.41. The van der Waals surface area contributed by atoms with Gasteiger partial charge >= 0.3 is 5.97 Å². The summed E-state index contributed by atoms with van der Waals surface area (Å²) in [6, 6.07) is 4.10. The minimum Gasteiger partial charge on any atom is -0.464 e. The summed E-state index contributed by atoms with van der Waals surface area (Å²) in [4.78, 5) is 14.7. The number of carbonyl (C=O) groups is 1. The van der Waals surface area contributed by atoms with Crippen LogP contribution >= 0.6 is 0 Å². The summed E-state index contributed by atoms with van der Waals surface area (Å²) in [6.07, 6.45) is 0.947. The Balaban J connectivity index is 3.53. The zero-order valence-electron chi connectivity index (χ0n) is 8.59. The minimum absolute atomic E-state index is 0.0483. The van der Waals surface area contributed by atoms with Crippen LogP contribution < -0.4 is 0 Å². The molecule has 0 bridgehead atoms. The van der Waals surface area contributed by atoms with Gasteiger partial charge in [-0.2, -0.15) is 5.26 Å². The highest BCUT2D eigenvalue weighted by Crippen LogP contribution is 2.15. The fourth-order valence-electron chi connectivity index (χ4n) is 1.05. The van der Waals surface area contributed by atoms with Crippen LogP contribution in [-0.4, -0.2) is 32.7 Å². The molecule has 0 aliphatic carbocycles. The topological polar surface area (TPSA) is 97.1 Å². The van der Waals surface area contributed by atoms with Crippen molar-refractivity contribution in [2.75, 3.05) is 13.4 Å². The number of esters is 1. The first-order valence-corrected chi connectivity index (χ1v) is 5.99. The Kier molecular flexibility index (Phi) is 3.25. The molecule has 7 heteroatoms. The molecule has 84 valence electrons. The van der Waals surface area contributed by atoms with E-state index in [0.29, 0.717) is 0 Å². The van der Waals surface area contributed by atoms with E-state index in [1.54, 1.807) is 6.07 Å².